The summed E-state index contributed by atoms with van der Waals surface area (Å²) in [5.74, 6) is 0.536. The molecule has 0 heterocycles. The number of nitrogen functional groups attached to an aromatic ring is 1. The number of hydrogen-bond donors (Lipinski definition) is 2. The Balaban J connectivity index is 2.28. The first-order chi connectivity index (χ1) is 8.56. The molecule has 3 N–H and O–H groups in total. The minimum atomic E-state index is 0.536. The summed E-state index contributed by atoms with van der Waals surface area (Å²) < 4.78 is 0. The molecular weight excluding hydrogens is 220 g/mol. The van der Waals surface area contributed by atoms with E-state index in [9.17, 15) is 0 Å². The molecule has 2 nitrogen and oxygen atoms in total. The van der Waals surface area contributed by atoms with Crippen LogP contribution in [0.15, 0.2) is 42.5 Å². The maximum Gasteiger partial charge on any atom is 0.0434 e. The summed E-state index contributed by atoms with van der Waals surface area (Å²) in [5, 5.41) is 3.43. The van der Waals surface area contributed by atoms with Gasteiger partial charge in [-0.2, -0.15) is 0 Å². The van der Waals surface area contributed by atoms with Crippen LogP contribution < -0.4 is 11.1 Å². The van der Waals surface area contributed by atoms with Gasteiger partial charge in [0.05, 0.1) is 0 Å². The van der Waals surface area contributed by atoms with Crippen LogP contribution in [0.3, 0.4) is 0 Å². The van der Waals surface area contributed by atoms with E-state index in [1.54, 1.807) is 0 Å². The molecule has 0 atom stereocenters. The van der Waals surface area contributed by atoms with Crippen molar-refractivity contribution in [1.29, 1.82) is 0 Å². The lowest BCUT2D eigenvalue weighted by Gasteiger charge is -2.12. The van der Waals surface area contributed by atoms with Gasteiger partial charge in [0.1, 0.15) is 0 Å². The minimum Gasteiger partial charge on any atom is -0.399 e. The van der Waals surface area contributed by atoms with Crippen LogP contribution in [-0.2, 0) is 0 Å². The van der Waals surface area contributed by atoms with Crippen LogP contribution >= 0.6 is 0 Å². The number of aryl methyl sites for hydroxylation is 1. The van der Waals surface area contributed by atoms with Crippen molar-refractivity contribution in [1.82, 2.24) is 0 Å². The molecule has 2 aromatic carbocycles. The molecule has 94 valence electrons. The molecule has 0 saturated carbocycles. The maximum atomic E-state index is 5.82. The molecule has 0 saturated heterocycles. The van der Waals surface area contributed by atoms with Gasteiger partial charge in [-0.15, -0.1) is 0 Å². The Morgan fingerprint density at radius 1 is 1.06 bits per heavy atom. The highest BCUT2D eigenvalue weighted by Crippen LogP contribution is 2.25. The van der Waals surface area contributed by atoms with Crippen molar-refractivity contribution in [2.45, 2.75) is 26.7 Å². The van der Waals surface area contributed by atoms with Gasteiger partial charge in [0.2, 0.25) is 0 Å². The zero-order chi connectivity index (χ0) is 13.1. The van der Waals surface area contributed by atoms with E-state index < -0.39 is 0 Å². The molecule has 0 bridgehead atoms. The van der Waals surface area contributed by atoms with Crippen molar-refractivity contribution in [2.75, 3.05) is 11.1 Å². The van der Waals surface area contributed by atoms with E-state index in [0.717, 1.165) is 17.1 Å². The average molecular weight is 240 g/mol. The summed E-state index contributed by atoms with van der Waals surface area (Å²) in [5.41, 5.74) is 11.3. The van der Waals surface area contributed by atoms with Crippen LogP contribution in [0.25, 0.3) is 0 Å². The van der Waals surface area contributed by atoms with Gasteiger partial charge in [0, 0.05) is 17.1 Å². The Labute approximate surface area is 109 Å². The van der Waals surface area contributed by atoms with Crippen molar-refractivity contribution in [3.05, 3.63) is 53.6 Å². The molecule has 0 aromatic heterocycles. The molecule has 18 heavy (non-hydrogen) atoms. The normalized spacial score (nSPS) is 10.7. The fraction of sp³-hybridized carbons (Fsp3) is 0.250. The first-order valence-corrected chi connectivity index (χ1v) is 6.29. The summed E-state index contributed by atoms with van der Waals surface area (Å²) in [6.45, 7) is 6.48. The van der Waals surface area contributed by atoms with Crippen molar-refractivity contribution in [3.8, 4) is 0 Å². The summed E-state index contributed by atoms with van der Waals surface area (Å²) in [7, 11) is 0. The molecule has 0 unspecified atom stereocenters. The van der Waals surface area contributed by atoms with Crippen molar-refractivity contribution in [2.24, 2.45) is 0 Å². The highest BCUT2D eigenvalue weighted by molar-refractivity contribution is 5.67. The standard InChI is InChI=1S/C16H20N2/c1-11(2)13-5-4-6-15(9-13)18-16-10-14(17)8-7-12(16)3/h4-11,18H,17H2,1-3H3. The highest BCUT2D eigenvalue weighted by atomic mass is 14.9. The number of nitrogens with one attached hydrogen (secondary N) is 1. The zero-order valence-electron chi connectivity index (χ0n) is 11.2. The molecule has 0 radical (unpaired) electrons. The molecular formula is C16H20N2. The third kappa shape index (κ3) is 2.83. The Kier molecular flexibility index (Phi) is 3.56. The Morgan fingerprint density at radius 3 is 2.56 bits per heavy atom. The second-order valence-electron chi connectivity index (χ2n) is 4.98. The van der Waals surface area contributed by atoms with Crippen LogP contribution in [0, 0.1) is 6.92 Å². The fourth-order valence-electron chi connectivity index (χ4n) is 1.91. The zero-order valence-corrected chi connectivity index (χ0v) is 11.2. The van der Waals surface area contributed by atoms with E-state index in [0.29, 0.717) is 5.92 Å². The van der Waals surface area contributed by atoms with E-state index >= 15 is 0 Å². The van der Waals surface area contributed by atoms with Crippen LogP contribution in [0.5, 0.6) is 0 Å². The molecule has 0 aliphatic carbocycles. The third-order valence-electron chi connectivity index (χ3n) is 3.09. The van der Waals surface area contributed by atoms with E-state index in [-0.39, 0.29) is 0 Å². The van der Waals surface area contributed by atoms with Gasteiger partial charge in [0.25, 0.3) is 0 Å². The van der Waals surface area contributed by atoms with Crippen LogP contribution in [0.2, 0.25) is 0 Å². The Morgan fingerprint density at radius 2 is 1.83 bits per heavy atom. The summed E-state index contributed by atoms with van der Waals surface area (Å²) in [4.78, 5) is 0. The van der Waals surface area contributed by atoms with Crippen molar-refractivity contribution >= 4 is 17.1 Å². The maximum absolute atomic E-state index is 5.82. The number of hydrogen-bond acceptors (Lipinski definition) is 2. The average Bonchev–Trinajstić information content (AvgIpc) is 2.34. The minimum absolute atomic E-state index is 0.536. The topological polar surface area (TPSA) is 38.0 Å². The summed E-state index contributed by atoms with van der Waals surface area (Å²) >= 11 is 0. The smallest absolute Gasteiger partial charge is 0.0434 e. The Hall–Kier alpha value is -1.96. The molecule has 0 spiro atoms. The van der Waals surface area contributed by atoms with Gasteiger partial charge < -0.3 is 11.1 Å². The van der Waals surface area contributed by atoms with Gasteiger partial charge in [-0.25, -0.2) is 0 Å². The SMILES string of the molecule is Cc1ccc(N)cc1Nc1cccc(C(C)C)c1. The first kappa shape index (κ1) is 12.5. The second-order valence-corrected chi connectivity index (χ2v) is 4.98. The van der Waals surface area contributed by atoms with E-state index in [2.05, 4.69) is 50.4 Å². The molecule has 0 aliphatic rings. The lowest BCUT2D eigenvalue weighted by molar-refractivity contribution is 0.867. The van der Waals surface area contributed by atoms with Crippen LogP contribution in [0.1, 0.15) is 30.9 Å². The van der Waals surface area contributed by atoms with Crippen molar-refractivity contribution in [3.63, 3.8) is 0 Å². The number of nitrogens with two attached hydrogens (primary N) is 1. The number of rotatable bonds is 3. The Bertz CT molecular complexity index is 545. The summed E-state index contributed by atoms with van der Waals surface area (Å²) in [6, 6.07) is 14.4. The monoisotopic (exact) mass is 240 g/mol. The highest BCUT2D eigenvalue weighted by Gasteiger charge is 2.02. The number of benzene rings is 2. The second kappa shape index (κ2) is 5.13. The van der Waals surface area contributed by atoms with Gasteiger partial charge in [0.15, 0.2) is 0 Å². The fourth-order valence-corrected chi connectivity index (χ4v) is 1.91. The molecule has 2 heteroatoms. The molecule has 0 aliphatic heterocycles. The predicted molar refractivity (Wildman–Crippen MR) is 79.4 cm³/mol. The first-order valence-electron chi connectivity index (χ1n) is 6.29. The quantitative estimate of drug-likeness (QED) is 0.778. The predicted octanol–water partition coefficient (Wildman–Crippen LogP) is 4.44. The van der Waals surface area contributed by atoms with Gasteiger partial charge in [-0.3, -0.25) is 0 Å². The molecule has 2 rings (SSSR count). The third-order valence-corrected chi connectivity index (χ3v) is 3.09. The van der Waals surface area contributed by atoms with Gasteiger partial charge >= 0.3 is 0 Å². The van der Waals surface area contributed by atoms with E-state index in [4.69, 9.17) is 5.73 Å². The molecule has 0 fully saturated rings. The largest absolute Gasteiger partial charge is 0.399 e. The van der Waals surface area contributed by atoms with Crippen LogP contribution in [-0.4, -0.2) is 0 Å². The molecule has 2 aromatic rings. The lowest BCUT2D eigenvalue weighted by Crippen LogP contribution is -1.96. The summed E-state index contributed by atoms with van der Waals surface area (Å²) in [6.07, 6.45) is 0. The lowest BCUT2D eigenvalue weighted by atomic mass is 10.0. The van der Waals surface area contributed by atoms with Gasteiger partial charge in [-0.05, 0) is 48.2 Å². The van der Waals surface area contributed by atoms with Crippen molar-refractivity contribution < 1.29 is 0 Å². The van der Waals surface area contributed by atoms with Crippen LogP contribution in [0.4, 0.5) is 17.1 Å². The van der Waals surface area contributed by atoms with E-state index in [1.165, 1.54) is 11.1 Å². The van der Waals surface area contributed by atoms with E-state index in [1.807, 2.05) is 18.2 Å². The van der Waals surface area contributed by atoms with Gasteiger partial charge in [-0.1, -0.05) is 32.0 Å². The number of anilines is 3. The molecule has 0 amide bonds.